The quantitative estimate of drug-likeness (QED) is 0.686. The Morgan fingerprint density at radius 3 is 2.18 bits per heavy atom. The van der Waals surface area contributed by atoms with Crippen molar-refractivity contribution in [2.45, 2.75) is 51.6 Å². The molecule has 1 rings (SSSR count). The summed E-state index contributed by atoms with van der Waals surface area (Å²) in [5.41, 5.74) is 0. The number of nitrogens with one attached hydrogen (secondary N) is 1. The minimum Gasteiger partial charge on any atom is -0.320 e. The molecule has 1 fully saturated rings. The van der Waals surface area contributed by atoms with Crippen molar-refractivity contribution >= 4 is 0 Å². The lowest BCUT2D eigenvalue weighted by Crippen LogP contribution is -2.54. The Morgan fingerprint density at radius 2 is 1.59 bits per heavy atom. The van der Waals surface area contributed by atoms with Crippen molar-refractivity contribution in [3.05, 3.63) is 0 Å². The molecule has 3 nitrogen and oxygen atoms in total. The maximum absolute atomic E-state index is 3.21. The van der Waals surface area contributed by atoms with E-state index in [-0.39, 0.29) is 0 Å². The van der Waals surface area contributed by atoms with Crippen molar-refractivity contribution in [1.29, 1.82) is 0 Å². The summed E-state index contributed by atoms with van der Waals surface area (Å²) in [5, 5.41) is 3.21. The SMILES string of the molecule is CNCCCCCCN1CC(C)N(C)C(C)C1. The summed E-state index contributed by atoms with van der Waals surface area (Å²) in [6, 6.07) is 1.42. The van der Waals surface area contributed by atoms with Crippen molar-refractivity contribution in [1.82, 2.24) is 15.1 Å². The molecule has 1 saturated heterocycles. The smallest absolute Gasteiger partial charge is 0.0195 e. The largest absolute Gasteiger partial charge is 0.320 e. The van der Waals surface area contributed by atoms with Crippen LogP contribution < -0.4 is 5.32 Å². The number of nitrogens with zero attached hydrogens (tertiary/aromatic N) is 2. The van der Waals surface area contributed by atoms with Crippen LogP contribution in [0.5, 0.6) is 0 Å². The minimum absolute atomic E-state index is 0.711. The number of hydrogen-bond donors (Lipinski definition) is 1. The van der Waals surface area contributed by atoms with E-state index in [1.165, 1.54) is 51.9 Å². The molecule has 0 radical (unpaired) electrons. The minimum atomic E-state index is 0.711. The predicted molar refractivity (Wildman–Crippen MR) is 75.5 cm³/mol. The fourth-order valence-electron chi connectivity index (χ4n) is 2.69. The van der Waals surface area contributed by atoms with E-state index in [1.54, 1.807) is 0 Å². The van der Waals surface area contributed by atoms with Gasteiger partial charge in [0.15, 0.2) is 0 Å². The molecule has 0 aromatic heterocycles. The third-order valence-electron chi connectivity index (χ3n) is 4.09. The second-order valence-corrected chi connectivity index (χ2v) is 5.64. The maximum atomic E-state index is 3.21. The third-order valence-corrected chi connectivity index (χ3v) is 4.09. The standard InChI is InChI=1S/C14H31N3/c1-13-11-17(12-14(2)16(13)4)10-8-6-5-7-9-15-3/h13-15H,5-12H2,1-4H3. The molecule has 0 bridgehead atoms. The first-order chi connectivity index (χ1) is 8.15. The van der Waals surface area contributed by atoms with Gasteiger partial charge in [-0.25, -0.2) is 0 Å². The molecule has 1 heterocycles. The highest BCUT2D eigenvalue weighted by Crippen LogP contribution is 2.14. The monoisotopic (exact) mass is 241 g/mol. The molecule has 17 heavy (non-hydrogen) atoms. The lowest BCUT2D eigenvalue weighted by molar-refractivity contribution is 0.0591. The zero-order valence-electron chi connectivity index (χ0n) is 12.2. The zero-order chi connectivity index (χ0) is 12.7. The van der Waals surface area contributed by atoms with Crippen LogP contribution in [-0.2, 0) is 0 Å². The van der Waals surface area contributed by atoms with Crippen molar-refractivity contribution in [2.24, 2.45) is 0 Å². The summed E-state index contributed by atoms with van der Waals surface area (Å²) in [7, 11) is 4.29. The Bertz CT molecular complexity index is 184. The molecular weight excluding hydrogens is 210 g/mol. The summed E-state index contributed by atoms with van der Waals surface area (Å²) < 4.78 is 0. The lowest BCUT2D eigenvalue weighted by Gasteiger charge is -2.42. The Morgan fingerprint density at radius 1 is 1.00 bits per heavy atom. The van der Waals surface area contributed by atoms with Crippen LogP contribution in [0.1, 0.15) is 39.5 Å². The average Bonchev–Trinajstić information content (AvgIpc) is 2.30. The number of hydrogen-bond acceptors (Lipinski definition) is 3. The lowest BCUT2D eigenvalue weighted by atomic mass is 10.1. The molecule has 1 aliphatic rings. The van der Waals surface area contributed by atoms with E-state index in [2.05, 4.69) is 36.0 Å². The van der Waals surface area contributed by atoms with Gasteiger partial charge in [-0.1, -0.05) is 12.8 Å². The van der Waals surface area contributed by atoms with Crippen molar-refractivity contribution in [3.63, 3.8) is 0 Å². The van der Waals surface area contributed by atoms with Crippen molar-refractivity contribution in [3.8, 4) is 0 Å². The van der Waals surface area contributed by atoms with E-state index in [0.717, 1.165) is 0 Å². The Kier molecular flexibility index (Phi) is 7.09. The van der Waals surface area contributed by atoms with E-state index in [4.69, 9.17) is 0 Å². The average molecular weight is 241 g/mol. The molecule has 102 valence electrons. The van der Waals surface area contributed by atoms with Gasteiger partial charge in [-0.15, -0.1) is 0 Å². The molecule has 2 unspecified atom stereocenters. The highest BCUT2D eigenvalue weighted by Gasteiger charge is 2.25. The van der Waals surface area contributed by atoms with E-state index in [1.807, 2.05) is 7.05 Å². The normalized spacial score (nSPS) is 27.5. The van der Waals surface area contributed by atoms with Crippen LogP contribution in [0.25, 0.3) is 0 Å². The summed E-state index contributed by atoms with van der Waals surface area (Å²) >= 11 is 0. The molecule has 0 aliphatic carbocycles. The van der Waals surface area contributed by atoms with Crippen LogP contribution in [0.15, 0.2) is 0 Å². The molecule has 2 atom stereocenters. The number of rotatable bonds is 7. The van der Waals surface area contributed by atoms with Crippen LogP contribution in [0.4, 0.5) is 0 Å². The molecule has 3 heteroatoms. The molecule has 1 aliphatic heterocycles. The number of piperazine rings is 1. The van der Waals surface area contributed by atoms with Crippen LogP contribution >= 0.6 is 0 Å². The van der Waals surface area contributed by atoms with Gasteiger partial charge < -0.3 is 10.2 Å². The highest BCUT2D eigenvalue weighted by molar-refractivity contribution is 4.82. The van der Waals surface area contributed by atoms with E-state index >= 15 is 0 Å². The highest BCUT2D eigenvalue weighted by atomic mass is 15.3. The topological polar surface area (TPSA) is 18.5 Å². The third kappa shape index (κ3) is 5.36. The van der Waals surface area contributed by atoms with Gasteiger partial charge in [0, 0.05) is 25.2 Å². The molecule has 0 saturated carbocycles. The van der Waals surface area contributed by atoms with E-state index in [0.29, 0.717) is 12.1 Å². The Balaban J connectivity index is 2.07. The summed E-state index contributed by atoms with van der Waals surface area (Å²) in [5.74, 6) is 0. The first-order valence-corrected chi connectivity index (χ1v) is 7.24. The van der Waals surface area contributed by atoms with Gasteiger partial charge >= 0.3 is 0 Å². The van der Waals surface area contributed by atoms with Crippen molar-refractivity contribution < 1.29 is 0 Å². The van der Waals surface area contributed by atoms with Crippen molar-refractivity contribution in [2.75, 3.05) is 40.3 Å². The van der Waals surface area contributed by atoms with Gasteiger partial charge in [0.2, 0.25) is 0 Å². The maximum Gasteiger partial charge on any atom is 0.0195 e. The first kappa shape index (κ1) is 14.9. The molecule has 0 aromatic carbocycles. The summed E-state index contributed by atoms with van der Waals surface area (Å²) in [6.45, 7) is 9.64. The van der Waals surface area contributed by atoms with Crippen LogP contribution in [0.3, 0.4) is 0 Å². The van der Waals surface area contributed by atoms with Gasteiger partial charge in [0.25, 0.3) is 0 Å². The fraction of sp³-hybridized carbons (Fsp3) is 1.00. The molecule has 0 spiro atoms. The molecule has 1 N–H and O–H groups in total. The number of likely N-dealkylation sites (N-methyl/N-ethyl adjacent to an activating group) is 1. The summed E-state index contributed by atoms with van der Waals surface area (Å²) in [6.07, 6.45) is 5.45. The van der Waals surface area contributed by atoms with Crippen LogP contribution in [-0.4, -0.2) is 62.2 Å². The second kappa shape index (κ2) is 8.06. The Hall–Kier alpha value is -0.120. The van der Waals surface area contributed by atoms with Crippen LogP contribution in [0, 0.1) is 0 Å². The molecule has 0 aromatic rings. The van der Waals surface area contributed by atoms with Crippen LogP contribution in [0.2, 0.25) is 0 Å². The van der Waals surface area contributed by atoms with Gasteiger partial charge in [-0.2, -0.15) is 0 Å². The Labute approximate surface area is 108 Å². The van der Waals surface area contributed by atoms with Gasteiger partial charge in [0.1, 0.15) is 0 Å². The second-order valence-electron chi connectivity index (χ2n) is 5.64. The predicted octanol–water partition coefficient (Wildman–Crippen LogP) is 1.79. The van der Waals surface area contributed by atoms with E-state index in [9.17, 15) is 0 Å². The van der Waals surface area contributed by atoms with Gasteiger partial charge in [0.05, 0.1) is 0 Å². The molecular formula is C14H31N3. The fourth-order valence-corrected chi connectivity index (χ4v) is 2.69. The first-order valence-electron chi connectivity index (χ1n) is 7.24. The molecule has 0 amide bonds. The summed E-state index contributed by atoms with van der Waals surface area (Å²) in [4.78, 5) is 5.15. The van der Waals surface area contributed by atoms with Gasteiger partial charge in [-0.3, -0.25) is 4.90 Å². The number of unbranched alkanes of at least 4 members (excludes halogenated alkanes) is 3. The zero-order valence-corrected chi connectivity index (χ0v) is 12.2. The van der Waals surface area contributed by atoms with Gasteiger partial charge in [-0.05, 0) is 53.9 Å². The van der Waals surface area contributed by atoms with E-state index < -0.39 is 0 Å².